The van der Waals surface area contributed by atoms with Crippen molar-refractivity contribution in [2.24, 2.45) is 0 Å². The molecule has 1 aromatic heterocycles. The highest BCUT2D eigenvalue weighted by atomic mass is 19.1. The zero-order valence-corrected chi connectivity index (χ0v) is 14.0. The molecule has 2 aromatic rings. The lowest BCUT2D eigenvalue weighted by Crippen LogP contribution is -2.33. The fraction of sp³-hybridized carbons (Fsp3) is 0.353. The normalized spacial score (nSPS) is 13.1. The van der Waals surface area contributed by atoms with E-state index < -0.39 is 5.82 Å². The minimum Gasteiger partial charge on any atom is -0.337 e. The van der Waals surface area contributed by atoms with Gasteiger partial charge in [0.2, 0.25) is 5.91 Å². The molecule has 0 bridgehead atoms. The first kappa shape index (κ1) is 16.9. The number of benzene rings is 1. The molecule has 2 heterocycles. The Bertz CT molecular complexity index is 776. The van der Waals surface area contributed by atoms with Crippen LogP contribution in [0, 0.1) is 5.82 Å². The molecule has 0 unspecified atom stereocenters. The van der Waals surface area contributed by atoms with Gasteiger partial charge in [-0.25, -0.2) is 14.2 Å². The summed E-state index contributed by atoms with van der Waals surface area (Å²) in [6.07, 6.45) is 6.95. The number of aromatic nitrogens is 2. The Hall–Kier alpha value is -2.90. The molecular weight excluding hydrogens is 325 g/mol. The number of amides is 3. The van der Waals surface area contributed by atoms with Gasteiger partial charge in [-0.1, -0.05) is 0 Å². The van der Waals surface area contributed by atoms with Gasteiger partial charge in [-0.05, 0) is 30.5 Å². The third kappa shape index (κ3) is 4.14. The Morgan fingerprint density at radius 3 is 3.04 bits per heavy atom. The van der Waals surface area contributed by atoms with Crippen LogP contribution in [-0.2, 0) is 17.8 Å². The van der Waals surface area contributed by atoms with Crippen LogP contribution in [0.4, 0.5) is 20.6 Å². The summed E-state index contributed by atoms with van der Waals surface area (Å²) in [4.78, 5) is 29.1. The van der Waals surface area contributed by atoms with Gasteiger partial charge in [-0.15, -0.1) is 0 Å². The lowest BCUT2D eigenvalue weighted by molar-refractivity contribution is -0.116. The van der Waals surface area contributed by atoms with Gasteiger partial charge in [-0.3, -0.25) is 4.79 Å². The molecule has 0 fully saturated rings. The van der Waals surface area contributed by atoms with E-state index in [4.69, 9.17) is 0 Å². The lowest BCUT2D eigenvalue weighted by Gasteiger charge is -2.21. The van der Waals surface area contributed by atoms with Crippen LogP contribution in [0.15, 0.2) is 30.9 Å². The molecule has 2 N–H and O–H groups in total. The summed E-state index contributed by atoms with van der Waals surface area (Å²) in [7, 11) is 1.67. The number of hydrogen-bond acceptors (Lipinski definition) is 3. The average molecular weight is 345 g/mol. The van der Waals surface area contributed by atoms with Crippen LogP contribution >= 0.6 is 0 Å². The summed E-state index contributed by atoms with van der Waals surface area (Å²) in [5.74, 6) is -0.692. The molecule has 1 aliphatic rings. The molecule has 0 aliphatic carbocycles. The predicted molar refractivity (Wildman–Crippen MR) is 91.8 cm³/mol. The average Bonchev–Trinajstić information content (AvgIpc) is 3.09. The van der Waals surface area contributed by atoms with Gasteiger partial charge >= 0.3 is 6.03 Å². The summed E-state index contributed by atoms with van der Waals surface area (Å²) in [6, 6.07) is 2.46. The van der Waals surface area contributed by atoms with E-state index >= 15 is 0 Å². The number of carbonyl (C=O) groups excluding carboxylic acids is 2. The van der Waals surface area contributed by atoms with Crippen molar-refractivity contribution < 1.29 is 14.0 Å². The Labute approximate surface area is 144 Å². The van der Waals surface area contributed by atoms with Crippen molar-refractivity contribution in [2.75, 3.05) is 24.2 Å². The van der Waals surface area contributed by atoms with Crippen molar-refractivity contribution in [3.63, 3.8) is 0 Å². The number of nitrogens with one attached hydrogen (secondary N) is 2. The minimum atomic E-state index is -0.568. The molecule has 25 heavy (non-hydrogen) atoms. The third-order valence-electron chi connectivity index (χ3n) is 4.15. The van der Waals surface area contributed by atoms with Gasteiger partial charge in [-0.2, -0.15) is 0 Å². The van der Waals surface area contributed by atoms with E-state index in [1.54, 1.807) is 25.6 Å². The van der Waals surface area contributed by atoms with Gasteiger partial charge in [0, 0.05) is 44.6 Å². The number of imidazole rings is 1. The molecule has 0 saturated heterocycles. The first-order valence-electron chi connectivity index (χ1n) is 8.13. The fourth-order valence-corrected chi connectivity index (χ4v) is 2.72. The lowest BCUT2D eigenvalue weighted by atomic mass is 10.0. The second-order valence-electron chi connectivity index (χ2n) is 6.04. The number of carbonyl (C=O) groups is 2. The number of urea groups is 1. The van der Waals surface area contributed by atoms with Crippen molar-refractivity contribution in [3.8, 4) is 0 Å². The van der Waals surface area contributed by atoms with Gasteiger partial charge in [0.1, 0.15) is 5.82 Å². The molecule has 3 rings (SSSR count). The predicted octanol–water partition coefficient (Wildman–Crippen LogP) is 2.46. The van der Waals surface area contributed by atoms with E-state index in [1.165, 1.54) is 11.0 Å². The van der Waals surface area contributed by atoms with Crippen LogP contribution in [0.25, 0.3) is 0 Å². The summed E-state index contributed by atoms with van der Waals surface area (Å²) >= 11 is 0. The summed E-state index contributed by atoms with van der Waals surface area (Å²) in [5.41, 5.74) is 1.42. The van der Waals surface area contributed by atoms with Crippen molar-refractivity contribution in [1.29, 1.82) is 0 Å². The maximum Gasteiger partial charge on any atom is 0.321 e. The highest BCUT2D eigenvalue weighted by Crippen LogP contribution is 2.28. The second kappa shape index (κ2) is 7.33. The topological polar surface area (TPSA) is 79.3 Å². The second-order valence-corrected chi connectivity index (χ2v) is 6.04. The standard InChI is InChI=1S/C17H20FN5O2/c1-22(6-2-7-23-8-5-19-11-23)17(25)21-15-9-12-3-4-16(24)20-14(12)10-13(15)18/h5,8-11H,2-4,6-7H2,1H3,(H,20,24)(H,21,25). The maximum atomic E-state index is 14.2. The minimum absolute atomic E-state index is 0.124. The number of fused-ring (bicyclic) bond motifs is 1. The monoisotopic (exact) mass is 345 g/mol. The number of halogens is 1. The van der Waals surface area contributed by atoms with Gasteiger partial charge in [0.15, 0.2) is 0 Å². The number of rotatable bonds is 5. The molecule has 0 radical (unpaired) electrons. The van der Waals surface area contributed by atoms with E-state index in [0.717, 1.165) is 18.5 Å². The number of nitrogens with zero attached hydrogens (tertiary/aromatic N) is 3. The molecule has 132 valence electrons. The Morgan fingerprint density at radius 2 is 2.28 bits per heavy atom. The van der Waals surface area contributed by atoms with Gasteiger partial charge in [0.25, 0.3) is 0 Å². The maximum absolute atomic E-state index is 14.2. The van der Waals surface area contributed by atoms with E-state index in [9.17, 15) is 14.0 Å². The highest BCUT2D eigenvalue weighted by molar-refractivity contribution is 5.95. The molecular formula is C17H20FN5O2. The molecule has 1 aromatic carbocycles. The van der Waals surface area contributed by atoms with E-state index in [-0.39, 0.29) is 17.6 Å². The molecule has 3 amide bonds. The van der Waals surface area contributed by atoms with Crippen LogP contribution in [-0.4, -0.2) is 40.0 Å². The van der Waals surface area contributed by atoms with Crippen molar-refractivity contribution in [3.05, 3.63) is 42.2 Å². The zero-order chi connectivity index (χ0) is 17.8. The fourth-order valence-electron chi connectivity index (χ4n) is 2.72. The van der Waals surface area contributed by atoms with Crippen molar-refractivity contribution in [1.82, 2.24) is 14.5 Å². The van der Waals surface area contributed by atoms with Crippen LogP contribution in [0.5, 0.6) is 0 Å². The SMILES string of the molecule is CN(CCCn1ccnc1)C(=O)Nc1cc2c(cc1F)NC(=O)CC2. The van der Waals surface area contributed by atoms with Crippen molar-refractivity contribution >= 4 is 23.3 Å². The van der Waals surface area contributed by atoms with Crippen LogP contribution in [0.2, 0.25) is 0 Å². The molecule has 0 atom stereocenters. The van der Waals surface area contributed by atoms with E-state index in [1.807, 2.05) is 10.8 Å². The summed E-state index contributed by atoms with van der Waals surface area (Å²) in [6.45, 7) is 1.29. The van der Waals surface area contributed by atoms with Crippen LogP contribution < -0.4 is 10.6 Å². The Morgan fingerprint density at radius 1 is 1.44 bits per heavy atom. The van der Waals surface area contributed by atoms with Crippen LogP contribution in [0.3, 0.4) is 0 Å². The molecule has 0 saturated carbocycles. The third-order valence-corrected chi connectivity index (χ3v) is 4.15. The smallest absolute Gasteiger partial charge is 0.321 e. The Kier molecular flexibility index (Phi) is 4.97. The summed E-state index contributed by atoms with van der Waals surface area (Å²) in [5, 5.41) is 5.23. The van der Waals surface area contributed by atoms with Gasteiger partial charge < -0.3 is 20.1 Å². The largest absolute Gasteiger partial charge is 0.337 e. The molecule has 7 nitrogen and oxygen atoms in total. The van der Waals surface area contributed by atoms with E-state index in [0.29, 0.717) is 25.1 Å². The van der Waals surface area contributed by atoms with Crippen LogP contribution in [0.1, 0.15) is 18.4 Å². The number of anilines is 2. The summed E-state index contributed by atoms with van der Waals surface area (Å²) < 4.78 is 16.1. The Balaban J connectivity index is 1.57. The molecule has 1 aliphatic heterocycles. The number of hydrogen-bond donors (Lipinski definition) is 2. The molecule has 0 spiro atoms. The van der Waals surface area contributed by atoms with E-state index in [2.05, 4.69) is 15.6 Å². The zero-order valence-electron chi connectivity index (χ0n) is 14.0. The molecule has 8 heteroatoms. The van der Waals surface area contributed by atoms with Crippen molar-refractivity contribution in [2.45, 2.75) is 25.8 Å². The number of aryl methyl sites for hydroxylation is 2. The van der Waals surface area contributed by atoms with Gasteiger partial charge in [0.05, 0.1) is 12.0 Å². The highest BCUT2D eigenvalue weighted by Gasteiger charge is 2.19. The first-order chi connectivity index (χ1) is 12.0. The quantitative estimate of drug-likeness (QED) is 0.874. The first-order valence-corrected chi connectivity index (χ1v) is 8.13.